The number of piperazine rings is 1. The van der Waals surface area contributed by atoms with Gasteiger partial charge in [-0.2, -0.15) is 0 Å². The molecule has 13 rings (SSSR count). The van der Waals surface area contributed by atoms with Crippen LogP contribution in [0.3, 0.4) is 0 Å². The van der Waals surface area contributed by atoms with Crippen molar-refractivity contribution >= 4 is 87.4 Å². The van der Waals surface area contributed by atoms with Crippen LogP contribution in [0, 0.1) is 5.82 Å². The SMILES string of the molecule is CCC(=O)Oc1c(OC)cc(/C=C2/C(C)=C(CC(=O)NCc3ccc[nH]3)c3cc(OC)ccc32)cc1OC.CCC(=O)Oc1c(OC)cc(/C=C2/C(C)=C(CC(=O)NCc3cccn3C)c3cc(F)ccc32)cc1OC.COc1ccc2c(c1)C(CC(=O)NCc1ccco1)=C(C)/C2=C/c1cc(OC)c(OC(=O)N2CCN(C)CC2)c(OC)c1. The fraction of sp³-hybridized carbons (Fsp3) is 0.290. The second-order valence-corrected chi connectivity index (χ2v) is 28.3. The Morgan fingerprint density at radius 3 is 1.24 bits per heavy atom. The predicted octanol–water partition coefficient (Wildman–Crippen LogP) is 16.0. The second kappa shape index (κ2) is 39.9. The molecule has 622 valence electrons. The van der Waals surface area contributed by atoms with Crippen LogP contribution in [0.15, 0.2) is 167 Å². The minimum absolute atomic E-state index is 0.0746. The quantitative estimate of drug-likeness (QED) is 0.0262. The van der Waals surface area contributed by atoms with Crippen LogP contribution in [-0.4, -0.2) is 145 Å². The van der Waals surface area contributed by atoms with E-state index in [1.165, 1.54) is 54.8 Å². The molecule has 0 unspecified atom stereocenters. The number of amides is 4. The molecule has 1 aliphatic heterocycles. The van der Waals surface area contributed by atoms with Crippen LogP contribution in [0.4, 0.5) is 9.18 Å². The van der Waals surface area contributed by atoms with Crippen molar-refractivity contribution in [2.75, 3.05) is 90.1 Å². The Morgan fingerprint density at radius 2 is 0.866 bits per heavy atom. The van der Waals surface area contributed by atoms with E-state index in [0.29, 0.717) is 90.0 Å². The number of ether oxygens (including phenoxy) is 11. The van der Waals surface area contributed by atoms with Crippen molar-refractivity contribution < 1.29 is 89.7 Å². The molecule has 4 aliphatic rings. The third-order valence-corrected chi connectivity index (χ3v) is 20.9. The molecule has 9 aromatic rings. The highest BCUT2D eigenvalue weighted by Gasteiger charge is 2.32. The molecular weight excluding hydrogens is 1520 g/mol. The van der Waals surface area contributed by atoms with Crippen LogP contribution in [0.1, 0.15) is 134 Å². The van der Waals surface area contributed by atoms with Gasteiger partial charge in [0.1, 0.15) is 23.1 Å². The summed E-state index contributed by atoms with van der Waals surface area (Å²) in [6.45, 7) is 13.3. The molecule has 0 bridgehead atoms. The second-order valence-electron chi connectivity index (χ2n) is 28.3. The number of hydrogen-bond acceptors (Lipinski definition) is 19. The normalized spacial score (nSPS) is 14.3. The monoisotopic (exact) mass is 1620 g/mol. The van der Waals surface area contributed by atoms with Crippen molar-refractivity contribution in [1.29, 1.82) is 0 Å². The summed E-state index contributed by atoms with van der Waals surface area (Å²) in [7, 11) is 16.3. The number of hydrogen-bond donors (Lipinski definition) is 4. The third kappa shape index (κ3) is 20.7. The molecule has 3 aromatic heterocycles. The van der Waals surface area contributed by atoms with Crippen molar-refractivity contribution in [3.05, 3.63) is 236 Å². The molecule has 3 aliphatic carbocycles. The van der Waals surface area contributed by atoms with E-state index in [1.807, 2.05) is 149 Å². The summed E-state index contributed by atoms with van der Waals surface area (Å²) < 4.78 is 82.6. The maximum absolute atomic E-state index is 14.3. The molecule has 119 heavy (non-hydrogen) atoms. The van der Waals surface area contributed by atoms with Gasteiger partial charge in [-0.1, -0.05) is 32.0 Å². The van der Waals surface area contributed by atoms with Gasteiger partial charge in [0.25, 0.3) is 0 Å². The molecule has 6 aromatic carbocycles. The minimum Gasteiger partial charge on any atom is -0.497 e. The zero-order valence-electron chi connectivity index (χ0n) is 69.6. The summed E-state index contributed by atoms with van der Waals surface area (Å²) in [5.41, 5.74) is 17.8. The van der Waals surface area contributed by atoms with Crippen LogP contribution in [0.5, 0.6) is 63.2 Å². The number of fused-ring (bicyclic) bond motifs is 3. The molecule has 0 saturated carbocycles. The molecule has 1 fully saturated rings. The summed E-state index contributed by atoms with van der Waals surface area (Å²) in [6, 6.07) is 38.3. The summed E-state index contributed by atoms with van der Waals surface area (Å²) >= 11 is 0. The average Bonchev–Trinajstić information content (AvgIpc) is 1.63. The lowest BCUT2D eigenvalue weighted by Gasteiger charge is -2.31. The number of benzene rings is 6. The van der Waals surface area contributed by atoms with Crippen LogP contribution in [0.25, 0.3) is 51.7 Å². The average molecular weight is 1620 g/mol. The Kier molecular flexibility index (Phi) is 29.0. The largest absolute Gasteiger partial charge is 0.497 e. The Hall–Kier alpha value is -13.5. The Labute approximate surface area is 691 Å². The van der Waals surface area contributed by atoms with Gasteiger partial charge in [-0.15, -0.1) is 0 Å². The van der Waals surface area contributed by atoms with Gasteiger partial charge in [0.15, 0.2) is 34.5 Å². The Morgan fingerprint density at radius 1 is 0.454 bits per heavy atom. The summed E-state index contributed by atoms with van der Waals surface area (Å²) in [5, 5.41) is 8.88. The molecule has 0 spiro atoms. The number of nitrogens with one attached hydrogen (secondary N) is 4. The lowest BCUT2D eigenvalue weighted by molar-refractivity contribution is -0.135. The number of halogens is 1. The van der Waals surface area contributed by atoms with Gasteiger partial charge in [-0.3, -0.25) is 24.0 Å². The van der Waals surface area contributed by atoms with E-state index >= 15 is 0 Å². The first-order valence-corrected chi connectivity index (χ1v) is 38.8. The van der Waals surface area contributed by atoms with Crippen LogP contribution in [0.2, 0.25) is 0 Å². The number of aromatic amines is 1. The number of esters is 2. The summed E-state index contributed by atoms with van der Waals surface area (Å²) in [4.78, 5) is 82.5. The van der Waals surface area contributed by atoms with Gasteiger partial charge in [0, 0.05) is 69.8 Å². The summed E-state index contributed by atoms with van der Waals surface area (Å²) in [5.74, 6) is 3.50. The van der Waals surface area contributed by atoms with E-state index in [9.17, 15) is 33.2 Å². The topological polar surface area (TPSA) is 280 Å². The molecule has 0 radical (unpaired) electrons. The number of aromatic nitrogens is 2. The van der Waals surface area contributed by atoms with Crippen LogP contribution in [-0.2, 0) is 50.7 Å². The van der Waals surface area contributed by atoms with E-state index in [-0.39, 0.29) is 78.9 Å². The minimum atomic E-state index is -0.441. The van der Waals surface area contributed by atoms with Crippen molar-refractivity contribution in [3.63, 3.8) is 0 Å². The van der Waals surface area contributed by atoms with Crippen molar-refractivity contribution in [1.82, 2.24) is 35.3 Å². The predicted molar refractivity (Wildman–Crippen MR) is 454 cm³/mol. The smallest absolute Gasteiger partial charge is 0.415 e. The Balaban J connectivity index is 0.000000175. The van der Waals surface area contributed by atoms with Crippen molar-refractivity contribution in [3.8, 4) is 63.2 Å². The van der Waals surface area contributed by atoms with Gasteiger partial charge >= 0.3 is 18.0 Å². The van der Waals surface area contributed by atoms with Crippen molar-refractivity contribution in [2.24, 2.45) is 7.05 Å². The number of nitrogens with zero attached hydrogens (tertiary/aromatic N) is 3. The number of furan rings is 1. The van der Waals surface area contributed by atoms with E-state index in [2.05, 4.69) is 25.8 Å². The van der Waals surface area contributed by atoms with E-state index in [1.54, 1.807) is 75.6 Å². The van der Waals surface area contributed by atoms with Gasteiger partial charge < -0.3 is 91.8 Å². The molecule has 1 saturated heterocycles. The first kappa shape index (κ1) is 86.4. The standard InChI is InChI=1S/C33H37N3O7.C30H31FN2O5.C30H32N2O6/c1-21-26(25-9-8-23(39-3)18-28(25)27(21)19-31(37)34-20-24-7-6-14-42-24)15-22-16-29(40-4)32(30(17-22)41-5)43-33(38)36-12-10-35(2)11-13-36;1-6-29(35)38-30-26(36-4)13-19(14-27(30)37-5)12-23-18(2)24(25-15-20(31)9-10-22(23)25)16-28(34)32-17-21-8-7-11-33(21)3;1-6-29(34)38-30-26(36-4)13-19(14-27(30)37-5)12-23-18(2)24(25-15-21(35-3)9-10-22(23)25)16-28(33)32-17-20-8-7-11-31-20/h6-9,14-18H,10-13,19-20H2,1-5H3,(H,34,37);7-15H,6,16-17H2,1-5H3,(H,32,34);7-15,31H,6,16-17H2,1-5H3,(H,32,33)/b26-15-;2*23-12-. The first-order valence-electron chi connectivity index (χ1n) is 38.8. The molecule has 0 atom stereocenters. The fourth-order valence-electron chi connectivity index (χ4n) is 14.3. The molecular formula is C93H100FN7O18. The van der Waals surface area contributed by atoms with E-state index in [0.717, 1.165) is 119 Å². The lowest BCUT2D eigenvalue weighted by atomic mass is 10.00. The highest BCUT2D eigenvalue weighted by atomic mass is 19.1. The van der Waals surface area contributed by atoms with Gasteiger partial charge in [-0.25, -0.2) is 9.18 Å². The number of carbonyl (C=O) groups excluding carboxylic acids is 6. The number of methoxy groups -OCH3 is 8. The van der Waals surface area contributed by atoms with Gasteiger partial charge in [0.2, 0.25) is 35.0 Å². The van der Waals surface area contributed by atoms with E-state index < -0.39 is 12.1 Å². The van der Waals surface area contributed by atoms with Gasteiger partial charge in [0.05, 0.1) is 102 Å². The lowest BCUT2D eigenvalue weighted by Crippen LogP contribution is -2.48. The number of allylic oxidation sites excluding steroid dienone is 6. The number of aryl methyl sites for hydroxylation is 1. The number of likely N-dealkylation sites (N-methyl/N-ethyl adjacent to an activating group) is 1. The highest BCUT2D eigenvalue weighted by molar-refractivity contribution is 6.11. The maximum atomic E-state index is 14.3. The molecule has 25 nitrogen and oxygen atoms in total. The highest BCUT2D eigenvalue weighted by Crippen LogP contribution is 2.50. The number of H-pyrrole nitrogens is 1. The van der Waals surface area contributed by atoms with Gasteiger partial charge in [-0.05, 0) is 255 Å². The molecule has 26 heteroatoms. The molecule has 4 heterocycles. The summed E-state index contributed by atoms with van der Waals surface area (Å²) in [6.07, 6.45) is 11.8. The van der Waals surface area contributed by atoms with E-state index in [4.69, 9.17) is 56.5 Å². The van der Waals surface area contributed by atoms with Crippen molar-refractivity contribution in [2.45, 2.75) is 86.4 Å². The molecule has 4 amide bonds. The number of carbonyl (C=O) groups is 6. The third-order valence-electron chi connectivity index (χ3n) is 20.9. The zero-order valence-corrected chi connectivity index (χ0v) is 69.6. The fourth-order valence-corrected chi connectivity index (χ4v) is 14.3. The molecule has 4 N–H and O–H groups in total. The van der Waals surface area contributed by atoms with Crippen LogP contribution < -0.4 is 68.1 Å². The number of rotatable bonds is 28. The first-order chi connectivity index (χ1) is 57.4. The van der Waals surface area contributed by atoms with Crippen LogP contribution >= 0.6 is 0 Å². The maximum Gasteiger partial charge on any atom is 0.415 e. The Bertz CT molecular complexity index is 5390. The zero-order chi connectivity index (χ0) is 85.1.